The molecule has 0 bridgehead atoms. The van der Waals surface area contributed by atoms with E-state index in [0.717, 1.165) is 55.4 Å². The van der Waals surface area contributed by atoms with Crippen LogP contribution in [0.2, 0.25) is 0 Å². The van der Waals surface area contributed by atoms with Crippen molar-refractivity contribution >= 4 is 55.0 Å². The Balaban J connectivity index is 1.23. The Bertz CT molecular complexity index is 2920. The quantitative estimate of drug-likeness (QED) is 0.177. The van der Waals surface area contributed by atoms with E-state index >= 15 is 0 Å². The topological polar surface area (TPSA) is 42.4 Å². The Hall–Kier alpha value is -7.39. The maximum absolute atomic E-state index is 9.69. The summed E-state index contributed by atoms with van der Waals surface area (Å²) in [5.74, 6) is 0. The molecule has 0 N–H and O–H groups in total. The SMILES string of the molecule is [C-]#[N+]c1ccc(-c2cccc(-c3cccc(-n4c5ccccc5c5ccccc54)c3)c2)c(-n2c3ccc(C#N)cc3c3ccc([N+]#[C-])cc32)c1. The van der Waals surface area contributed by atoms with Gasteiger partial charge in [-0.25, -0.2) is 9.69 Å². The molecule has 0 unspecified atom stereocenters. The normalized spacial score (nSPS) is 11.1. The van der Waals surface area contributed by atoms with E-state index in [1.54, 1.807) is 0 Å². The van der Waals surface area contributed by atoms with Gasteiger partial charge in [0.2, 0.25) is 0 Å². The molecule has 230 valence electrons. The van der Waals surface area contributed by atoms with Crippen molar-refractivity contribution in [3.63, 3.8) is 0 Å². The number of nitrogens with zero attached hydrogens (tertiary/aromatic N) is 5. The fourth-order valence-electron chi connectivity index (χ4n) is 7.32. The van der Waals surface area contributed by atoms with E-state index in [1.165, 1.54) is 21.8 Å². The molecule has 2 aromatic heterocycles. The van der Waals surface area contributed by atoms with Crippen molar-refractivity contribution in [2.75, 3.05) is 0 Å². The lowest BCUT2D eigenvalue weighted by Crippen LogP contribution is -1.97. The molecule has 0 aliphatic carbocycles. The monoisotopic (exact) mass is 635 g/mol. The number of aromatic nitrogens is 2. The van der Waals surface area contributed by atoms with Crippen molar-refractivity contribution in [2.45, 2.75) is 0 Å². The first-order valence-electron chi connectivity index (χ1n) is 16.2. The number of para-hydroxylation sites is 2. The minimum atomic E-state index is 0.517. The first-order valence-corrected chi connectivity index (χ1v) is 16.2. The van der Waals surface area contributed by atoms with E-state index in [2.05, 4.69) is 122 Å². The van der Waals surface area contributed by atoms with E-state index in [9.17, 15) is 5.26 Å². The summed E-state index contributed by atoms with van der Waals surface area (Å²) in [6, 6.07) is 53.6. The van der Waals surface area contributed by atoms with Crippen LogP contribution >= 0.6 is 0 Å². The molecular formula is C45H25N5. The summed E-state index contributed by atoms with van der Waals surface area (Å²) in [5.41, 5.74) is 11.7. The van der Waals surface area contributed by atoms with Crippen LogP contribution in [0.4, 0.5) is 11.4 Å². The molecule has 5 nitrogen and oxygen atoms in total. The molecule has 0 saturated carbocycles. The number of nitriles is 1. The minimum Gasteiger partial charge on any atom is -0.311 e. The van der Waals surface area contributed by atoms with Gasteiger partial charge in [0.25, 0.3) is 0 Å². The van der Waals surface area contributed by atoms with Gasteiger partial charge >= 0.3 is 0 Å². The highest BCUT2D eigenvalue weighted by atomic mass is 15.0. The Morgan fingerprint density at radius 3 is 1.82 bits per heavy atom. The maximum atomic E-state index is 9.69. The largest absolute Gasteiger partial charge is 0.311 e. The van der Waals surface area contributed by atoms with Crippen molar-refractivity contribution < 1.29 is 0 Å². The zero-order chi connectivity index (χ0) is 33.8. The van der Waals surface area contributed by atoms with Gasteiger partial charge in [-0.3, -0.25) is 0 Å². The van der Waals surface area contributed by atoms with Crippen molar-refractivity contribution in [1.82, 2.24) is 9.13 Å². The van der Waals surface area contributed by atoms with Gasteiger partial charge in [0.1, 0.15) is 0 Å². The third-order valence-electron chi connectivity index (χ3n) is 9.55. The lowest BCUT2D eigenvalue weighted by Gasteiger charge is -2.16. The summed E-state index contributed by atoms with van der Waals surface area (Å²) < 4.78 is 4.46. The average molecular weight is 636 g/mol. The van der Waals surface area contributed by atoms with Crippen molar-refractivity contribution in [3.8, 4) is 39.7 Å². The second-order valence-corrected chi connectivity index (χ2v) is 12.3. The van der Waals surface area contributed by atoms with Crippen molar-refractivity contribution in [2.24, 2.45) is 0 Å². The molecule has 0 amide bonds. The molecule has 9 rings (SSSR count). The summed E-state index contributed by atoms with van der Waals surface area (Å²) in [7, 11) is 0. The highest BCUT2D eigenvalue weighted by Gasteiger charge is 2.18. The van der Waals surface area contributed by atoms with Gasteiger partial charge in [0.05, 0.1) is 41.3 Å². The van der Waals surface area contributed by atoms with Crippen LogP contribution in [-0.4, -0.2) is 9.13 Å². The molecule has 0 saturated heterocycles. The molecule has 2 heterocycles. The highest BCUT2D eigenvalue weighted by Crippen LogP contribution is 2.40. The van der Waals surface area contributed by atoms with Crippen LogP contribution in [0.5, 0.6) is 0 Å². The van der Waals surface area contributed by atoms with Gasteiger partial charge < -0.3 is 9.13 Å². The summed E-state index contributed by atoms with van der Waals surface area (Å²) >= 11 is 0. The van der Waals surface area contributed by atoms with Gasteiger partial charge in [-0.15, -0.1) is 0 Å². The second-order valence-electron chi connectivity index (χ2n) is 12.3. The molecule has 0 radical (unpaired) electrons. The van der Waals surface area contributed by atoms with Gasteiger partial charge in [-0.2, -0.15) is 5.26 Å². The molecule has 5 heteroatoms. The van der Waals surface area contributed by atoms with E-state index < -0.39 is 0 Å². The van der Waals surface area contributed by atoms with Crippen molar-refractivity contribution in [1.29, 1.82) is 5.26 Å². The first-order chi connectivity index (χ1) is 24.6. The number of benzene rings is 7. The van der Waals surface area contributed by atoms with Crippen molar-refractivity contribution in [3.05, 3.63) is 180 Å². The number of hydrogen-bond acceptors (Lipinski definition) is 1. The molecular weight excluding hydrogens is 611 g/mol. The van der Waals surface area contributed by atoms with Gasteiger partial charge in [-0.05, 0) is 77.4 Å². The molecule has 0 atom stereocenters. The summed E-state index contributed by atoms with van der Waals surface area (Å²) in [6.07, 6.45) is 0. The molecule has 9 aromatic rings. The number of hydrogen-bond donors (Lipinski definition) is 0. The molecule has 0 fully saturated rings. The van der Waals surface area contributed by atoms with Gasteiger partial charge in [-0.1, -0.05) is 91.0 Å². The van der Waals surface area contributed by atoms with Crippen LogP contribution in [0.1, 0.15) is 5.56 Å². The third kappa shape index (κ3) is 4.45. The van der Waals surface area contributed by atoms with E-state index in [1.807, 2.05) is 54.6 Å². The summed E-state index contributed by atoms with van der Waals surface area (Å²) in [5, 5.41) is 14.0. The lowest BCUT2D eigenvalue weighted by molar-refractivity contribution is 1.18. The second kappa shape index (κ2) is 11.4. The van der Waals surface area contributed by atoms with Gasteiger partial charge in [0.15, 0.2) is 11.4 Å². The van der Waals surface area contributed by atoms with Crippen LogP contribution in [0.15, 0.2) is 152 Å². The fraction of sp³-hybridized carbons (Fsp3) is 0. The minimum absolute atomic E-state index is 0.517. The Morgan fingerprint density at radius 1 is 0.460 bits per heavy atom. The molecule has 0 aliphatic heterocycles. The van der Waals surface area contributed by atoms with E-state index in [4.69, 9.17) is 13.1 Å². The predicted molar refractivity (Wildman–Crippen MR) is 203 cm³/mol. The predicted octanol–water partition coefficient (Wildman–Crippen LogP) is 12.2. The Morgan fingerprint density at radius 2 is 1.08 bits per heavy atom. The summed E-state index contributed by atoms with van der Waals surface area (Å²) in [6.45, 7) is 15.6. The maximum Gasteiger partial charge on any atom is 0.189 e. The summed E-state index contributed by atoms with van der Waals surface area (Å²) in [4.78, 5) is 7.49. The van der Waals surface area contributed by atoms with Gasteiger partial charge in [0, 0.05) is 44.0 Å². The Labute approximate surface area is 288 Å². The molecule has 50 heavy (non-hydrogen) atoms. The fourth-order valence-corrected chi connectivity index (χ4v) is 7.32. The Kier molecular flexibility index (Phi) is 6.56. The van der Waals surface area contributed by atoms with E-state index in [-0.39, 0.29) is 0 Å². The van der Waals surface area contributed by atoms with Crippen LogP contribution in [0, 0.1) is 24.5 Å². The zero-order valence-electron chi connectivity index (χ0n) is 26.7. The highest BCUT2D eigenvalue weighted by molar-refractivity contribution is 6.11. The van der Waals surface area contributed by atoms with Crippen LogP contribution < -0.4 is 0 Å². The third-order valence-corrected chi connectivity index (χ3v) is 9.55. The van der Waals surface area contributed by atoms with Crippen LogP contribution in [-0.2, 0) is 0 Å². The smallest absolute Gasteiger partial charge is 0.189 e. The number of fused-ring (bicyclic) bond motifs is 6. The molecule has 0 aliphatic rings. The average Bonchev–Trinajstić information content (AvgIpc) is 3.69. The number of rotatable bonds is 4. The molecule has 0 spiro atoms. The van der Waals surface area contributed by atoms with E-state index in [0.29, 0.717) is 16.9 Å². The lowest BCUT2D eigenvalue weighted by atomic mass is 9.97. The standard InChI is InChI=1S/C45H25N5/c1-47-33-18-20-36(44(26-33)50-43-22-17-29(28-46)23-40(43)39-21-19-34(48-2)27-45(39)50)32-11-7-9-30(24-32)31-10-8-12-35(25-31)49-41-15-5-3-13-37(41)38-14-4-6-16-42(38)49/h3-27H. The zero-order valence-corrected chi connectivity index (χ0v) is 26.7. The molecule has 7 aromatic carbocycles. The first kappa shape index (κ1) is 28.8. The van der Waals surface area contributed by atoms with Crippen LogP contribution in [0.3, 0.4) is 0 Å². The van der Waals surface area contributed by atoms with Crippen LogP contribution in [0.25, 0.3) is 86.9 Å².